The Bertz CT molecular complexity index is 1270. The van der Waals surface area contributed by atoms with E-state index >= 15 is 0 Å². The van der Waals surface area contributed by atoms with Crippen LogP contribution in [0.2, 0.25) is 10.0 Å². The smallest absolute Gasteiger partial charge is 0.244 e. The molecule has 3 rings (SSSR count). The van der Waals surface area contributed by atoms with Crippen molar-refractivity contribution >= 4 is 50.7 Å². The summed E-state index contributed by atoms with van der Waals surface area (Å²) in [6, 6.07) is 11.4. The van der Waals surface area contributed by atoms with Crippen LogP contribution < -0.4 is 9.62 Å². The molecule has 2 amide bonds. The van der Waals surface area contributed by atoms with Crippen LogP contribution in [0.15, 0.2) is 42.5 Å². The molecule has 1 aliphatic carbocycles. The van der Waals surface area contributed by atoms with Gasteiger partial charge in [0.1, 0.15) is 12.6 Å². The Balaban J connectivity index is 1.95. The van der Waals surface area contributed by atoms with Crippen molar-refractivity contribution < 1.29 is 18.0 Å². The van der Waals surface area contributed by atoms with Gasteiger partial charge in [0.15, 0.2) is 0 Å². The minimum absolute atomic E-state index is 0.0337. The summed E-state index contributed by atoms with van der Waals surface area (Å²) in [6.45, 7) is 7.63. The minimum atomic E-state index is -3.81. The molecule has 1 aliphatic rings. The molecular weight excluding hydrogens is 557 g/mol. The topological polar surface area (TPSA) is 86.8 Å². The molecule has 0 heterocycles. The van der Waals surface area contributed by atoms with Gasteiger partial charge in [-0.1, -0.05) is 81.9 Å². The Morgan fingerprint density at radius 2 is 1.67 bits per heavy atom. The Kier molecular flexibility index (Phi) is 10.3. The second-order valence-corrected chi connectivity index (χ2v) is 14.0. The molecule has 1 N–H and O–H groups in total. The Morgan fingerprint density at radius 1 is 1.05 bits per heavy atom. The predicted octanol–water partition coefficient (Wildman–Crippen LogP) is 5.92. The van der Waals surface area contributed by atoms with Crippen LogP contribution in [0.25, 0.3) is 0 Å². The zero-order valence-electron chi connectivity index (χ0n) is 23.3. The van der Waals surface area contributed by atoms with Gasteiger partial charge in [-0.3, -0.25) is 13.9 Å². The second kappa shape index (κ2) is 12.9. The van der Waals surface area contributed by atoms with Crippen molar-refractivity contribution in [2.24, 2.45) is 0 Å². The van der Waals surface area contributed by atoms with Gasteiger partial charge < -0.3 is 10.2 Å². The number of nitrogens with one attached hydrogen (secondary N) is 1. The highest BCUT2D eigenvalue weighted by Gasteiger charge is 2.33. The molecule has 0 saturated heterocycles. The van der Waals surface area contributed by atoms with E-state index in [9.17, 15) is 18.0 Å². The summed E-state index contributed by atoms with van der Waals surface area (Å²) >= 11 is 12.5. The number of hydrogen-bond acceptors (Lipinski definition) is 4. The molecule has 2 aromatic rings. The highest BCUT2D eigenvalue weighted by molar-refractivity contribution is 7.92. The first-order chi connectivity index (χ1) is 18.2. The quantitative estimate of drug-likeness (QED) is 0.369. The first-order valence-electron chi connectivity index (χ1n) is 13.3. The van der Waals surface area contributed by atoms with Crippen LogP contribution in [0.4, 0.5) is 5.69 Å². The van der Waals surface area contributed by atoms with Gasteiger partial charge in [-0.15, -0.1) is 0 Å². The van der Waals surface area contributed by atoms with E-state index in [0.29, 0.717) is 27.7 Å². The summed E-state index contributed by atoms with van der Waals surface area (Å²) in [5.41, 5.74) is 1.92. The lowest BCUT2D eigenvalue weighted by Gasteiger charge is -2.33. The number of carbonyl (C=O) groups excluding carboxylic acids is 2. The van der Waals surface area contributed by atoms with Gasteiger partial charge in [0.25, 0.3) is 0 Å². The fourth-order valence-corrected chi connectivity index (χ4v) is 6.18. The van der Waals surface area contributed by atoms with E-state index in [1.54, 1.807) is 30.3 Å². The van der Waals surface area contributed by atoms with Gasteiger partial charge in [-0.25, -0.2) is 8.42 Å². The standard InChI is InChI=1S/C29H39Cl2N3O4S/c1-6-26(28(36)32-23-9-7-8-10-23)33(18-20-11-14-22(30)17-25(20)31)27(35)19-34(39(5,37)38)24-15-12-21(13-16-24)29(2,3)4/h11-17,23,26H,6-10,18-19H2,1-5H3,(H,32,36)/t26-/m1/s1. The lowest BCUT2D eigenvalue weighted by molar-refractivity contribution is -0.140. The number of hydrogen-bond donors (Lipinski definition) is 1. The predicted molar refractivity (Wildman–Crippen MR) is 159 cm³/mol. The van der Waals surface area contributed by atoms with E-state index in [-0.39, 0.29) is 23.9 Å². The van der Waals surface area contributed by atoms with Crippen LogP contribution >= 0.6 is 23.2 Å². The van der Waals surface area contributed by atoms with Crippen molar-refractivity contribution in [1.29, 1.82) is 0 Å². The highest BCUT2D eigenvalue weighted by Crippen LogP contribution is 2.28. The van der Waals surface area contributed by atoms with E-state index in [4.69, 9.17) is 23.2 Å². The molecule has 39 heavy (non-hydrogen) atoms. The largest absolute Gasteiger partial charge is 0.352 e. The molecule has 214 valence electrons. The zero-order chi connectivity index (χ0) is 29.0. The zero-order valence-corrected chi connectivity index (χ0v) is 25.7. The maximum atomic E-state index is 13.9. The number of amides is 2. The molecule has 1 saturated carbocycles. The lowest BCUT2D eigenvalue weighted by atomic mass is 9.87. The van der Waals surface area contributed by atoms with Crippen molar-refractivity contribution in [2.75, 3.05) is 17.1 Å². The molecule has 0 radical (unpaired) electrons. The van der Waals surface area contributed by atoms with E-state index in [2.05, 4.69) is 26.1 Å². The molecule has 0 unspecified atom stereocenters. The molecule has 1 atom stereocenters. The number of sulfonamides is 1. The highest BCUT2D eigenvalue weighted by atomic mass is 35.5. The molecule has 0 bridgehead atoms. The molecular formula is C29H39Cl2N3O4S. The monoisotopic (exact) mass is 595 g/mol. The van der Waals surface area contributed by atoms with Crippen molar-refractivity contribution in [1.82, 2.24) is 10.2 Å². The van der Waals surface area contributed by atoms with E-state index in [1.165, 1.54) is 4.90 Å². The molecule has 0 spiro atoms. The second-order valence-electron chi connectivity index (χ2n) is 11.2. The van der Waals surface area contributed by atoms with Crippen LogP contribution in [0.5, 0.6) is 0 Å². The van der Waals surface area contributed by atoms with Gasteiger partial charge in [0.2, 0.25) is 21.8 Å². The van der Waals surface area contributed by atoms with Crippen LogP contribution in [0.1, 0.15) is 70.9 Å². The third-order valence-electron chi connectivity index (χ3n) is 7.14. The van der Waals surface area contributed by atoms with Gasteiger partial charge in [0.05, 0.1) is 11.9 Å². The summed E-state index contributed by atoms with van der Waals surface area (Å²) in [5.74, 6) is -0.747. The number of carbonyl (C=O) groups is 2. The van der Waals surface area contributed by atoms with Crippen molar-refractivity contribution in [3.63, 3.8) is 0 Å². The summed E-state index contributed by atoms with van der Waals surface area (Å²) in [6.07, 6.45) is 5.36. The SMILES string of the molecule is CC[C@H](C(=O)NC1CCCC1)N(Cc1ccc(Cl)cc1Cl)C(=O)CN(c1ccc(C(C)(C)C)cc1)S(C)(=O)=O. The van der Waals surface area contributed by atoms with Gasteiger partial charge in [-0.05, 0) is 60.1 Å². The summed E-state index contributed by atoms with van der Waals surface area (Å²) < 4.78 is 26.8. The number of anilines is 1. The van der Waals surface area contributed by atoms with E-state index in [1.807, 2.05) is 19.1 Å². The van der Waals surface area contributed by atoms with Crippen LogP contribution in [-0.2, 0) is 31.6 Å². The van der Waals surface area contributed by atoms with Gasteiger partial charge in [0, 0.05) is 22.6 Å². The number of nitrogens with zero attached hydrogens (tertiary/aromatic N) is 2. The third-order valence-corrected chi connectivity index (χ3v) is 8.87. The first kappa shape index (κ1) is 31.2. The fourth-order valence-electron chi connectivity index (χ4n) is 4.86. The number of halogens is 2. The van der Waals surface area contributed by atoms with Crippen LogP contribution in [-0.4, -0.2) is 50.0 Å². The summed E-state index contributed by atoms with van der Waals surface area (Å²) in [4.78, 5) is 28.7. The average molecular weight is 597 g/mol. The average Bonchev–Trinajstić information content (AvgIpc) is 3.35. The number of benzene rings is 2. The van der Waals surface area contributed by atoms with Crippen molar-refractivity contribution in [3.8, 4) is 0 Å². The van der Waals surface area contributed by atoms with E-state index < -0.39 is 28.5 Å². The van der Waals surface area contributed by atoms with E-state index in [0.717, 1.165) is 41.8 Å². The Morgan fingerprint density at radius 3 is 2.18 bits per heavy atom. The first-order valence-corrected chi connectivity index (χ1v) is 15.9. The van der Waals surface area contributed by atoms with Crippen molar-refractivity contribution in [3.05, 3.63) is 63.6 Å². The maximum Gasteiger partial charge on any atom is 0.244 e. The number of rotatable bonds is 10. The normalized spacial score (nSPS) is 15.2. The maximum absolute atomic E-state index is 13.9. The molecule has 2 aromatic carbocycles. The van der Waals surface area contributed by atoms with Crippen LogP contribution in [0.3, 0.4) is 0 Å². The molecule has 0 aromatic heterocycles. The Hall–Kier alpha value is -2.29. The van der Waals surface area contributed by atoms with Crippen molar-refractivity contribution in [2.45, 2.75) is 83.8 Å². The molecule has 7 nitrogen and oxygen atoms in total. The minimum Gasteiger partial charge on any atom is -0.352 e. The fraction of sp³-hybridized carbons (Fsp3) is 0.517. The summed E-state index contributed by atoms with van der Waals surface area (Å²) in [5, 5.41) is 3.91. The summed E-state index contributed by atoms with van der Waals surface area (Å²) in [7, 11) is -3.81. The van der Waals surface area contributed by atoms with Gasteiger partial charge >= 0.3 is 0 Å². The molecule has 10 heteroatoms. The van der Waals surface area contributed by atoms with Gasteiger partial charge in [-0.2, -0.15) is 0 Å². The third kappa shape index (κ3) is 8.35. The Labute approximate surface area is 242 Å². The molecule has 0 aliphatic heterocycles. The molecule has 1 fully saturated rings. The lowest BCUT2D eigenvalue weighted by Crippen LogP contribution is -2.53. The van der Waals surface area contributed by atoms with Crippen LogP contribution in [0, 0.1) is 0 Å².